The molecule has 11 heteroatoms. The largest absolute Gasteiger partial charge is 0.310 e. The lowest BCUT2D eigenvalue weighted by Crippen LogP contribution is -2.42. The number of carbonyl (C=O) groups excluding carboxylic acids is 1. The molecule has 4 rings (SSSR count). The third kappa shape index (κ3) is 3.53. The molecule has 1 aromatic carbocycles. The second-order valence-corrected chi connectivity index (χ2v) is 9.67. The first kappa shape index (κ1) is 20.3. The van der Waals surface area contributed by atoms with Gasteiger partial charge in [-0.3, -0.25) is 14.5 Å². The number of anilines is 1. The van der Waals surface area contributed by atoms with Crippen LogP contribution >= 0.6 is 10.2 Å². The highest BCUT2D eigenvalue weighted by molar-refractivity contribution is 8.45. The summed E-state index contributed by atoms with van der Waals surface area (Å²) in [6.07, 6.45) is 3.15. The van der Waals surface area contributed by atoms with Gasteiger partial charge in [-0.1, -0.05) is 19.4 Å². The fourth-order valence-corrected chi connectivity index (χ4v) is 4.14. The summed E-state index contributed by atoms with van der Waals surface area (Å²) in [4.78, 5) is 16.6. The van der Waals surface area contributed by atoms with Crippen molar-refractivity contribution >= 4 is 21.8 Å². The first-order valence-corrected chi connectivity index (χ1v) is 10.9. The molecule has 1 aliphatic rings. The minimum atomic E-state index is -9.78. The van der Waals surface area contributed by atoms with E-state index in [-0.39, 0.29) is 24.0 Å². The lowest BCUT2D eigenvalue weighted by atomic mass is 10.0. The number of hydrogen-bond acceptors (Lipinski definition) is 3. The molecule has 1 atom stereocenters. The van der Waals surface area contributed by atoms with Crippen LogP contribution in [0.5, 0.6) is 0 Å². The van der Waals surface area contributed by atoms with Gasteiger partial charge >= 0.3 is 10.2 Å². The smallest absolute Gasteiger partial charge is 0.305 e. The van der Waals surface area contributed by atoms with Crippen molar-refractivity contribution in [3.05, 3.63) is 60.2 Å². The molecule has 160 valence electrons. The molecule has 1 amide bonds. The van der Waals surface area contributed by atoms with Gasteiger partial charge in [0.25, 0.3) is 5.91 Å². The maximum Gasteiger partial charge on any atom is 0.310 e. The number of halogens is 5. The summed E-state index contributed by atoms with van der Waals surface area (Å²) in [6.45, 7) is 3.75. The monoisotopic (exact) mass is 444 g/mol. The summed E-state index contributed by atoms with van der Waals surface area (Å²) < 4.78 is 66.5. The Balaban J connectivity index is 1.75. The highest BCUT2D eigenvalue weighted by Crippen LogP contribution is 3.02. The number of pyridine rings is 1. The first-order chi connectivity index (χ1) is 13.7. The van der Waals surface area contributed by atoms with Crippen molar-refractivity contribution < 1.29 is 24.2 Å². The standard InChI is InChI=1S/C19H17F5N4OS/c1-12-9-14(7-8-25-12)17-10-26-28-13(2)11-27(19(29)18(17)28)15-3-5-16(6-4-15)30(20,21,22,23)24/h3-10,13H,11H2,1-2H3/t13-/m0/s1. The summed E-state index contributed by atoms with van der Waals surface area (Å²) in [5, 5.41) is 4.29. The molecule has 3 heterocycles. The minimum Gasteiger partial charge on any atom is -0.305 e. The van der Waals surface area contributed by atoms with Crippen LogP contribution in [-0.2, 0) is 0 Å². The zero-order valence-electron chi connectivity index (χ0n) is 15.9. The van der Waals surface area contributed by atoms with E-state index in [1.807, 2.05) is 0 Å². The molecule has 2 aromatic heterocycles. The fraction of sp³-hybridized carbons (Fsp3) is 0.211. The Morgan fingerprint density at radius 2 is 1.73 bits per heavy atom. The molecule has 0 bridgehead atoms. The second kappa shape index (κ2) is 5.81. The minimum absolute atomic E-state index is 0.0989. The number of nitrogens with zero attached hydrogens (tertiary/aromatic N) is 4. The van der Waals surface area contributed by atoms with Crippen molar-refractivity contribution in [3.8, 4) is 11.1 Å². The number of aromatic nitrogens is 3. The topological polar surface area (TPSA) is 51.0 Å². The van der Waals surface area contributed by atoms with Crippen LogP contribution in [0.15, 0.2) is 53.7 Å². The van der Waals surface area contributed by atoms with Crippen molar-refractivity contribution in [2.75, 3.05) is 11.4 Å². The van der Waals surface area contributed by atoms with Crippen molar-refractivity contribution in [2.45, 2.75) is 24.8 Å². The Morgan fingerprint density at radius 3 is 2.33 bits per heavy atom. The number of hydrogen-bond donors (Lipinski definition) is 0. The van der Waals surface area contributed by atoms with Gasteiger partial charge in [0, 0.05) is 29.7 Å². The van der Waals surface area contributed by atoms with Crippen LogP contribution < -0.4 is 4.90 Å². The Labute approximate surface area is 168 Å². The van der Waals surface area contributed by atoms with E-state index in [2.05, 4.69) is 10.1 Å². The van der Waals surface area contributed by atoms with Crippen LogP contribution in [0.3, 0.4) is 0 Å². The maximum atomic E-state index is 13.2. The van der Waals surface area contributed by atoms with Crippen molar-refractivity contribution in [1.82, 2.24) is 14.8 Å². The van der Waals surface area contributed by atoms with E-state index < -0.39 is 21.0 Å². The van der Waals surface area contributed by atoms with E-state index in [4.69, 9.17) is 0 Å². The van der Waals surface area contributed by atoms with Gasteiger partial charge in [0.1, 0.15) is 10.6 Å². The average Bonchev–Trinajstić information content (AvgIpc) is 3.09. The van der Waals surface area contributed by atoms with Gasteiger partial charge in [-0.25, -0.2) is 0 Å². The lowest BCUT2D eigenvalue weighted by Gasteiger charge is -2.40. The van der Waals surface area contributed by atoms with E-state index in [1.165, 1.54) is 4.90 Å². The molecule has 0 saturated heterocycles. The molecule has 30 heavy (non-hydrogen) atoms. The number of amides is 1. The zero-order valence-corrected chi connectivity index (χ0v) is 16.7. The molecule has 0 aliphatic carbocycles. The second-order valence-electron chi connectivity index (χ2n) is 7.26. The van der Waals surface area contributed by atoms with Crippen LogP contribution in [0.2, 0.25) is 0 Å². The van der Waals surface area contributed by atoms with Gasteiger partial charge in [0.2, 0.25) is 0 Å². The average molecular weight is 444 g/mol. The third-order valence-electron chi connectivity index (χ3n) is 4.91. The van der Waals surface area contributed by atoms with Gasteiger partial charge in [-0.05, 0) is 55.8 Å². The van der Waals surface area contributed by atoms with E-state index in [9.17, 15) is 24.2 Å². The highest BCUT2D eigenvalue weighted by Gasteiger charge is 2.65. The molecule has 0 spiro atoms. The van der Waals surface area contributed by atoms with E-state index in [0.717, 1.165) is 23.4 Å². The molecule has 1 aliphatic heterocycles. The molecule has 0 N–H and O–H groups in total. The van der Waals surface area contributed by atoms with Gasteiger partial charge < -0.3 is 4.90 Å². The zero-order chi connectivity index (χ0) is 22.0. The van der Waals surface area contributed by atoms with Crippen molar-refractivity contribution in [3.63, 3.8) is 0 Å². The Kier molecular flexibility index (Phi) is 3.94. The van der Waals surface area contributed by atoms with Crippen LogP contribution in [0, 0.1) is 6.92 Å². The lowest BCUT2D eigenvalue weighted by molar-refractivity contribution is 0.0954. The number of aryl methyl sites for hydroxylation is 1. The van der Waals surface area contributed by atoms with Crippen LogP contribution in [0.4, 0.5) is 25.1 Å². The molecule has 0 saturated carbocycles. The quantitative estimate of drug-likeness (QED) is 0.457. The molecular weight excluding hydrogens is 427 g/mol. The highest BCUT2D eigenvalue weighted by atomic mass is 32.5. The van der Waals surface area contributed by atoms with Gasteiger partial charge in [-0.15, -0.1) is 0 Å². The number of carbonyl (C=O) groups is 1. The summed E-state index contributed by atoms with van der Waals surface area (Å²) >= 11 is 0. The Morgan fingerprint density at radius 1 is 1.07 bits per heavy atom. The summed E-state index contributed by atoms with van der Waals surface area (Å²) in [7, 11) is -9.78. The summed E-state index contributed by atoms with van der Waals surface area (Å²) in [6, 6.07) is 5.65. The molecule has 0 unspecified atom stereocenters. The fourth-order valence-electron chi connectivity index (χ4n) is 3.49. The Hall–Kier alpha value is -2.95. The van der Waals surface area contributed by atoms with Gasteiger partial charge in [0.05, 0.1) is 12.2 Å². The summed E-state index contributed by atoms with van der Waals surface area (Å²) in [5.74, 6) is -0.477. The maximum absolute atomic E-state index is 13.2. The molecular formula is C19H17F5N4OS. The van der Waals surface area contributed by atoms with Gasteiger partial charge in [-0.2, -0.15) is 5.10 Å². The number of fused-ring (bicyclic) bond motifs is 1. The normalized spacial score (nSPS) is 19.2. The van der Waals surface area contributed by atoms with E-state index in [0.29, 0.717) is 17.7 Å². The van der Waals surface area contributed by atoms with Gasteiger partial charge in [0.15, 0.2) is 0 Å². The first-order valence-electron chi connectivity index (χ1n) is 8.91. The molecule has 5 nitrogen and oxygen atoms in total. The number of rotatable bonds is 3. The SMILES string of the molecule is Cc1cc(-c2cnn3c2C(=O)N(c2ccc(S(F)(F)(F)(F)F)cc2)C[C@@H]3C)ccn1. The van der Waals surface area contributed by atoms with Crippen LogP contribution in [0.1, 0.15) is 29.1 Å². The molecule has 3 aromatic rings. The van der Waals surface area contributed by atoms with Crippen LogP contribution in [0.25, 0.3) is 11.1 Å². The van der Waals surface area contributed by atoms with Crippen molar-refractivity contribution in [2.24, 2.45) is 0 Å². The predicted molar refractivity (Wildman–Crippen MR) is 104 cm³/mol. The predicted octanol–water partition coefficient (Wildman–Crippen LogP) is 6.13. The molecule has 0 fully saturated rings. The third-order valence-corrected chi connectivity index (χ3v) is 6.07. The van der Waals surface area contributed by atoms with E-state index in [1.54, 1.807) is 43.1 Å². The summed E-state index contributed by atoms with van der Waals surface area (Å²) in [5.41, 5.74) is 2.40. The van der Waals surface area contributed by atoms with Crippen molar-refractivity contribution in [1.29, 1.82) is 0 Å². The number of benzene rings is 1. The van der Waals surface area contributed by atoms with E-state index >= 15 is 0 Å². The molecule has 0 radical (unpaired) electrons. The Bertz CT molecular complexity index is 1160. The van der Waals surface area contributed by atoms with Crippen LogP contribution in [-0.4, -0.2) is 27.2 Å².